The van der Waals surface area contributed by atoms with Crippen molar-refractivity contribution in [1.29, 1.82) is 0 Å². The van der Waals surface area contributed by atoms with Crippen molar-refractivity contribution in [1.82, 2.24) is 10.6 Å². The Bertz CT molecular complexity index is 673. The van der Waals surface area contributed by atoms with Gasteiger partial charge < -0.3 is 20.2 Å². The molecule has 5 nitrogen and oxygen atoms in total. The molecule has 1 heterocycles. The Balaban J connectivity index is 2.03. The number of aryl methyl sites for hydroxylation is 1. The van der Waals surface area contributed by atoms with Gasteiger partial charge in [-0.1, -0.05) is 31.5 Å². The molecule has 138 valence electrons. The van der Waals surface area contributed by atoms with Gasteiger partial charge in [-0.2, -0.15) is 0 Å². The lowest BCUT2D eigenvalue weighted by molar-refractivity contribution is 0.251. The monoisotopic (exact) mass is 345 g/mol. The summed E-state index contributed by atoms with van der Waals surface area (Å²) in [6, 6.07) is 8.08. The van der Waals surface area contributed by atoms with Crippen molar-refractivity contribution in [3.05, 3.63) is 35.6 Å². The number of nitrogens with zero attached hydrogens (tertiary/aromatic N) is 1. The molecule has 3 N–H and O–H groups in total. The minimum Gasteiger partial charge on any atom is -0.459 e. The van der Waals surface area contributed by atoms with Crippen molar-refractivity contribution in [2.24, 2.45) is 10.9 Å². The lowest BCUT2D eigenvalue weighted by Gasteiger charge is -2.18. The van der Waals surface area contributed by atoms with E-state index >= 15 is 0 Å². The van der Waals surface area contributed by atoms with Gasteiger partial charge >= 0.3 is 0 Å². The van der Waals surface area contributed by atoms with Crippen LogP contribution in [-0.4, -0.2) is 30.8 Å². The number of rotatable bonds is 9. The van der Waals surface area contributed by atoms with Gasteiger partial charge in [-0.3, -0.25) is 0 Å². The van der Waals surface area contributed by atoms with Crippen LogP contribution < -0.4 is 10.6 Å². The quantitative estimate of drug-likeness (QED) is 0.480. The molecule has 0 spiro atoms. The highest BCUT2D eigenvalue weighted by Gasteiger charge is 2.11. The number of hydrogen-bond donors (Lipinski definition) is 3. The third kappa shape index (κ3) is 5.49. The van der Waals surface area contributed by atoms with Gasteiger partial charge in [0.1, 0.15) is 17.9 Å². The predicted molar refractivity (Wildman–Crippen MR) is 104 cm³/mol. The number of fused-ring (bicyclic) bond motifs is 1. The maximum absolute atomic E-state index is 9.20. The summed E-state index contributed by atoms with van der Waals surface area (Å²) < 4.78 is 5.93. The number of guanidine groups is 1. The molecule has 0 radical (unpaired) electrons. The summed E-state index contributed by atoms with van der Waals surface area (Å²) >= 11 is 0. The van der Waals surface area contributed by atoms with Crippen LogP contribution in [0.5, 0.6) is 0 Å². The van der Waals surface area contributed by atoms with Crippen LogP contribution in [0.4, 0.5) is 0 Å². The molecule has 0 aliphatic carbocycles. The van der Waals surface area contributed by atoms with E-state index in [1.807, 2.05) is 18.2 Å². The van der Waals surface area contributed by atoms with Gasteiger partial charge in [-0.25, -0.2) is 4.99 Å². The van der Waals surface area contributed by atoms with Crippen molar-refractivity contribution < 1.29 is 9.52 Å². The van der Waals surface area contributed by atoms with Crippen molar-refractivity contribution in [3.8, 4) is 0 Å². The van der Waals surface area contributed by atoms with Crippen LogP contribution in [0.2, 0.25) is 0 Å². The summed E-state index contributed by atoms with van der Waals surface area (Å²) in [5.74, 6) is 2.16. The SMILES string of the molecule is CCCC(CCO)CNC(=NCc1oc2ccccc2c1C)NCC. The molecule has 1 unspecified atom stereocenters. The molecule has 0 saturated carbocycles. The van der Waals surface area contributed by atoms with Crippen molar-refractivity contribution in [2.45, 2.75) is 46.6 Å². The summed E-state index contributed by atoms with van der Waals surface area (Å²) in [5.41, 5.74) is 2.06. The van der Waals surface area contributed by atoms with Crippen LogP contribution in [0, 0.1) is 12.8 Å². The molecule has 1 aromatic heterocycles. The normalized spacial score (nSPS) is 13.2. The molecular weight excluding hydrogens is 314 g/mol. The first-order valence-electron chi connectivity index (χ1n) is 9.29. The molecule has 0 saturated heterocycles. The zero-order valence-electron chi connectivity index (χ0n) is 15.6. The Morgan fingerprint density at radius 2 is 2.00 bits per heavy atom. The third-order valence-electron chi connectivity index (χ3n) is 4.46. The van der Waals surface area contributed by atoms with Gasteiger partial charge in [0.25, 0.3) is 0 Å². The van der Waals surface area contributed by atoms with Gasteiger partial charge in [0.2, 0.25) is 0 Å². The highest BCUT2D eigenvalue weighted by atomic mass is 16.3. The number of aliphatic imine (C=N–C) groups is 1. The van der Waals surface area contributed by atoms with Crippen LogP contribution in [-0.2, 0) is 6.54 Å². The van der Waals surface area contributed by atoms with Crippen LogP contribution in [0.15, 0.2) is 33.7 Å². The van der Waals surface area contributed by atoms with Crippen molar-refractivity contribution >= 4 is 16.9 Å². The largest absolute Gasteiger partial charge is 0.459 e. The summed E-state index contributed by atoms with van der Waals surface area (Å²) in [5, 5.41) is 17.0. The van der Waals surface area contributed by atoms with E-state index in [-0.39, 0.29) is 6.61 Å². The van der Waals surface area contributed by atoms with Gasteiger partial charge in [-0.05, 0) is 38.7 Å². The second-order valence-corrected chi connectivity index (χ2v) is 6.39. The fourth-order valence-electron chi connectivity index (χ4n) is 3.05. The van der Waals surface area contributed by atoms with E-state index in [4.69, 9.17) is 4.42 Å². The molecular formula is C20H31N3O2. The Morgan fingerprint density at radius 1 is 1.20 bits per heavy atom. The van der Waals surface area contributed by atoms with Crippen LogP contribution in [0.1, 0.15) is 44.4 Å². The first-order chi connectivity index (χ1) is 12.2. The Morgan fingerprint density at radius 3 is 2.68 bits per heavy atom. The van der Waals surface area contributed by atoms with Crippen molar-refractivity contribution in [2.75, 3.05) is 19.7 Å². The van der Waals surface area contributed by atoms with E-state index in [9.17, 15) is 5.11 Å². The summed E-state index contributed by atoms with van der Waals surface area (Å²) in [4.78, 5) is 4.67. The van der Waals surface area contributed by atoms with Gasteiger partial charge in [0, 0.05) is 30.6 Å². The minimum absolute atomic E-state index is 0.234. The van der Waals surface area contributed by atoms with Crippen LogP contribution in [0.25, 0.3) is 11.0 Å². The first-order valence-corrected chi connectivity index (χ1v) is 9.29. The minimum atomic E-state index is 0.234. The highest BCUT2D eigenvalue weighted by Crippen LogP contribution is 2.25. The number of hydrogen-bond acceptors (Lipinski definition) is 3. The fourth-order valence-corrected chi connectivity index (χ4v) is 3.05. The van der Waals surface area contributed by atoms with E-state index < -0.39 is 0 Å². The van der Waals surface area contributed by atoms with E-state index in [0.717, 1.165) is 60.6 Å². The number of para-hydroxylation sites is 1. The van der Waals surface area contributed by atoms with Gasteiger partial charge in [-0.15, -0.1) is 0 Å². The molecule has 5 heteroatoms. The number of aliphatic hydroxyl groups is 1. The molecule has 0 fully saturated rings. The van der Waals surface area contributed by atoms with Crippen molar-refractivity contribution in [3.63, 3.8) is 0 Å². The smallest absolute Gasteiger partial charge is 0.191 e. The number of benzene rings is 1. The number of aliphatic hydroxyl groups excluding tert-OH is 1. The summed E-state index contributed by atoms with van der Waals surface area (Å²) in [6.07, 6.45) is 3.05. The Hall–Kier alpha value is -2.01. The summed E-state index contributed by atoms with van der Waals surface area (Å²) in [6.45, 7) is 8.68. The Labute approximate surface area is 150 Å². The van der Waals surface area contributed by atoms with Gasteiger partial charge in [0.05, 0.1) is 0 Å². The second kappa shape index (κ2) is 10.1. The van der Waals surface area contributed by atoms with Crippen LogP contribution in [0.3, 0.4) is 0 Å². The predicted octanol–water partition coefficient (Wildman–Crippen LogP) is 3.60. The fraction of sp³-hybridized carbons (Fsp3) is 0.550. The first kappa shape index (κ1) is 19.3. The zero-order chi connectivity index (χ0) is 18.1. The average Bonchev–Trinajstić information content (AvgIpc) is 2.94. The third-order valence-corrected chi connectivity index (χ3v) is 4.46. The molecule has 0 bridgehead atoms. The van der Waals surface area contributed by atoms with E-state index in [2.05, 4.69) is 42.5 Å². The molecule has 2 rings (SSSR count). The lowest BCUT2D eigenvalue weighted by Crippen LogP contribution is -2.40. The number of furan rings is 1. The Kier molecular flexibility index (Phi) is 7.79. The standard InChI is InChI=1S/C20H31N3O2/c1-4-8-16(11-12-24)13-22-20(21-5-2)23-14-19-15(3)17-9-6-7-10-18(17)25-19/h6-7,9-10,16,24H,4-5,8,11-14H2,1-3H3,(H2,21,22,23). The van der Waals surface area contributed by atoms with Gasteiger partial charge in [0.15, 0.2) is 5.96 Å². The molecule has 25 heavy (non-hydrogen) atoms. The molecule has 2 aromatic rings. The van der Waals surface area contributed by atoms with E-state index in [1.165, 1.54) is 0 Å². The van der Waals surface area contributed by atoms with Crippen LogP contribution >= 0.6 is 0 Å². The molecule has 0 aliphatic heterocycles. The molecule has 0 aliphatic rings. The summed E-state index contributed by atoms with van der Waals surface area (Å²) in [7, 11) is 0. The zero-order valence-corrected chi connectivity index (χ0v) is 15.6. The maximum Gasteiger partial charge on any atom is 0.191 e. The lowest BCUT2D eigenvalue weighted by atomic mass is 10.0. The topological polar surface area (TPSA) is 69.8 Å². The molecule has 1 aromatic carbocycles. The molecule has 1 atom stereocenters. The maximum atomic E-state index is 9.20. The number of nitrogens with one attached hydrogen (secondary N) is 2. The molecule has 0 amide bonds. The van der Waals surface area contributed by atoms with E-state index in [1.54, 1.807) is 0 Å². The van der Waals surface area contributed by atoms with E-state index in [0.29, 0.717) is 12.5 Å². The highest BCUT2D eigenvalue weighted by molar-refractivity contribution is 5.82. The average molecular weight is 345 g/mol. The second-order valence-electron chi connectivity index (χ2n) is 6.39.